The minimum absolute atomic E-state index is 0.0331. The van der Waals surface area contributed by atoms with Crippen molar-refractivity contribution >= 4 is 23.6 Å². The molecule has 5 nitrogen and oxygen atoms in total. The van der Waals surface area contributed by atoms with Crippen molar-refractivity contribution in [3.05, 3.63) is 71.3 Å². The van der Waals surface area contributed by atoms with E-state index in [9.17, 15) is 22.8 Å². The summed E-state index contributed by atoms with van der Waals surface area (Å²) in [5.41, 5.74) is 0.0577. The van der Waals surface area contributed by atoms with Crippen molar-refractivity contribution in [3.8, 4) is 6.07 Å². The molecule has 152 valence electrons. The Morgan fingerprint density at radius 2 is 1.79 bits per heavy atom. The molecule has 0 spiro atoms. The molecular formula is C20H18F3N3O2S. The van der Waals surface area contributed by atoms with Gasteiger partial charge in [0.1, 0.15) is 11.8 Å². The molecule has 2 aromatic rings. The number of halogens is 3. The van der Waals surface area contributed by atoms with Crippen LogP contribution in [0.4, 0.5) is 13.2 Å². The number of nitrogens with one attached hydrogen (secondary N) is 2. The lowest BCUT2D eigenvalue weighted by Gasteiger charge is -2.17. The smallest absolute Gasteiger partial charge is 0.350 e. The van der Waals surface area contributed by atoms with Crippen LogP contribution < -0.4 is 10.6 Å². The van der Waals surface area contributed by atoms with Crippen LogP contribution in [0.2, 0.25) is 0 Å². The molecule has 0 saturated carbocycles. The third kappa shape index (κ3) is 7.16. The lowest BCUT2D eigenvalue weighted by atomic mass is 10.1. The predicted molar refractivity (Wildman–Crippen MR) is 104 cm³/mol. The number of hydrogen-bond acceptors (Lipinski definition) is 4. The summed E-state index contributed by atoms with van der Waals surface area (Å²) in [6, 6.07) is 15.0. The Kier molecular flexibility index (Phi) is 8.09. The van der Waals surface area contributed by atoms with Gasteiger partial charge in [0.2, 0.25) is 5.91 Å². The van der Waals surface area contributed by atoms with Gasteiger partial charge in [-0.05, 0) is 23.8 Å². The molecule has 29 heavy (non-hydrogen) atoms. The number of hydrogen-bond donors (Lipinski definition) is 2. The maximum Gasteiger partial charge on any atom is 0.416 e. The van der Waals surface area contributed by atoms with Crippen LogP contribution in [0.25, 0.3) is 0 Å². The highest BCUT2D eigenvalue weighted by Crippen LogP contribution is 2.30. The molecule has 2 aromatic carbocycles. The summed E-state index contributed by atoms with van der Waals surface area (Å²) >= 11 is 1.09. The third-order valence-electron chi connectivity index (χ3n) is 3.82. The minimum Gasteiger partial charge on any atom is -0.350 e. The molecule has 0 aliphatic heterocycles. The average molecular weight is 421 g/mol. The Morgan fingerprint density at radius 1 is 1.07 bits per heavy atom. The van der Waals surface area contributed by atoms with Crippen LogP contribution in [0, 0.1) is 11.3 Å². The Labute approximate surface area is 170 Å². The van der Waals surface area contributed by atoms with Gasteiger partial charge in [-0.2, -0.15) is 18.4 Å². The van der Waals surface area contributed by atoms with Crippen LogP contribution in [-0.4, -0.2) is 30.2 Å². The lowest BCUT2D eigenvalue weighted by molar-refractivity contribution is -0.137. The van der Waals surface area contributed by atoms with Crippen molar-refractivity contribution in [2.24, 2.45) is 0 Å². The normalized spacial score (nSPS) is 11.9. The molecule has 0 saturated heterocycles. The van der Waals surface area contributed by atoms with E-state index in [1.54, 1.807) is 36.4 Å². The first-order valence-electron chi connectivity index (χ1n) is 8.57. The highest BCUT2D eigenvalue weighted by molar-refractivity contribution is 7.99. The fourth-order valence-electron chi connectivity index (χ4n) is 2.38. The summed E-state index contributed by atoms with van der Waals surface area (Å²) in [6.07, 6.45) is -4.45. The van der Waals surface area contributed by atoms with E-state index >= 15 is 0 Å². The molecule has 1 unspecified atom stereocenters. The Balaban J connectivity index is 2.03. The lowest BCUT2D eigenvalue weighted by Crippen LogP contribution is -2.41. The van der Waals surface area contributed by atoms with E-state index in [1.165, 1.54) is 12.1 Å². The van der Waals surface area contributed by atoms with Crippen molar-refractivity contribution in [2.75, 3.05) is 13.1 Å². The molecule has 0 aliphatic rings. The van der Waals surface area contributed by atoms with Gasteiger partial charge in [-0.3, -0.25) is 9.59 Å². The molecule has 9 heteroatoms. The second-order valence-electron chi connectivity index (χ2n) is 5.95. The summed E-state index contributed by atoms with van der Waals surface area (Å²) < 4.78 is 38.6. The number of nitriles is 1. The topological polar surface area (TPSA) is 82.0 Å². The second-order valence-corrected chi connectivity index (χ2v) is 7.14. The summed E-state index contributed by atoms with van der Waals surface area (Å²) in [5, 5.41) is 12.9. The van der Waals surface area contributed by atoms with Gasteiger partial charge in [-0.25, -0.2) is 0 Å². The SMILES string of the molecule is N#CCNC(=O)C(CNC(=O)c1ccccc1)SCc1cccc(C(F)(F)F)c1. The fourth-order valence-corrected chi connectivity index (χ4v) is 3.39. The number of thioether (sulfide) groups is 1. The van der Waals surface area contributed by atoms with E-state index in [2.05, 4.69) is 10.6 Å². The number of rotatable bonds is 8. The number of nitrogens with zero attached hydrogens (tertiary/aromatic N) is 1. The van der Waals surface area contributed by atoms with Crippen LogP contribution in [0.15, 0.2) is 54.6 Å². The number of benzene rings is 2. The molecular weight excluding hydrogens is 403 g/mol. The van der Waals surface area contributed by atoms with E-state index in [1.807, 2.05) is 0 Å². The Hall–Kier alpha value is -2.99. The monoisotopic (exact) mass is 421 g/mol. The van der Waals surface area contributed by atoms with Crippen LogP contribution in [-0.2, 0) is 16.7 Å². The van der Waals surface area contributed by atoms with Gasteiger partial charge in [-0.1, -0.05) is 36.4 Å². The first-order valence-corrected chi connectivity index (χ1v) is 9.62. The number of carbonyl (C=O) groups excluding carboxylic acids is 2. The average Bonchev–Trinajstić information content (AvgIpc) is 2.72. The van der Waals surface area contributed by atoms with Crippen LogP contribution in [0.3, 0.4) is 0 Å². The predicted octanol–water partition coefficient (Wildman–Crippen LogP) is 3.38. The van der Waals surface area contributed by atoms with Crippen LogP contribution >= 0.6 is 11.8 Å². The van der Waals surface area contributed by atoms with Gasteiger partial charge in [0, 0.05) is 17.9 Å². The summed E-state index contributed by atoms with van der Waals surface area (Å²) in [4.78, 5) is 24.5. The van der Waals surface area contributed by atoms with Gasteiger partial charge >= 0.3 is 6.18 Å². The number of carbonyl (C=O) groups is 2. The Morgan fingerprint density at radius 3 is 2.45 bits per heavy atom. The maximum absolute atomic E-state index is 12.9. The zero-order valence-electron chi connectivity index (χ0n) is 15.2. The molecule has 0 aromatic heterocycles. The van der Waals surface area contributed by atoms with Gasteiger partial charge in [0.25, 0.3) is 5.91 Å². The van der Waals surface area contributed by atoms with E-state index in [-0.39, 0.29) is 24.7 Å². The van der Waals surface area contributed by atoms with Crippen molar-refractivity contribution < 1.29 is 22.8 Å². The fraction of sp³-hybridized carbons (Fsp3) is 0.250. The largest absolute Gasteiger partial charge is 0.416 e. The molecule has 0 fully saturated rings. The minimum atomic E-state index is -4.45. The van der Waals surface area contributed by atoms with Gasteiger partial charge in [0.05, 0.1) is 11.6 Å². The molecule has 0 bridgehead atoms. The molecule has 0 radical (unpaired) electrons. The molecule has 2 rings (SSSR count). The zero-order chi connectivity index (χ0) is 21.3. The van der Waals surface area contributed by atoms with Crippen molar-refractivity contribution in [1.29, 1.82) is 5.26 Å². The Bertz CT molecular complexity index is 883. The first kappa shape index (κ1) is 22.3. The second kappa shape index (κ2) is 10.5. The van der Waals surface area contributed by atoms with Crippen LogP contribution in [0.1, 0.15) is 21.5 Å². The molecule has 2 amide bonds. The van der Waals surface area contributed by atoms with Gasteiger partial charge < -0.3 is 10.6 Å². The third-order valence-corrected chi connectivity index (χ3v) is 5.11. The zero-order valence-corrected chi connectivity index (χ0v) is 16.0. The summed E-state index contributed by atoms with van der Waals surface area (Å²) in [6.45, 7) is -0.235. The van der Waals surface area contributed by atoms with Crippen molar-refractivity contribution in [2.45, 2.75) is 17.2 Å². The standard InChI is InChI=1S/C20H18F3N3O2S/c21-20(22,23)16-8-4-5-14(11-16)13-29-17(19(28)25-10-9-24)12-26-18(27)15-6-2-1-3-7-15/h1-8,11,17H,10,12-13H2,(H,25,28)(H,26,27). The molecule has 1 atom stereocenters. The maximum atomic E-state index is 12.9. The highest BCUT2D eigenvalue weighted by Gasteiger charge is 2.30. The van der Waals surface area contributed by atoms with Crippen molar-refractivity contribution in [3.63, 3.8) is 0 Å². The van der Waals surface area contributed by atoms with E-state index in [0.717, 1.165) is 23.9 Å². The van der Waals surface area contributed by atoms with Crippen LogP contribution in [0.5, 0.6) is 0 Å². The molecule has 2 N–H and O–H groups in total. The van der Waals surface area contributed by atoms with E-state index in [4.69, 9.17) is 5.26 Å². The quantitative estimate of drug-likeness (QED) is 0.641. The molecule has 0 heterocycles. The number of alkyl halides is 3. The number of amides is 2. The summed E-state index contributed by atoms with van der Waals surface area (Å²) in [5.74, 6) is -0.712. The highest BCUT2D eigenvalue weighted by atomic mass is 32.2. The van der Waals surface area contributed by atoms with E-state index < -0.39 is 22.9 Å². The van der Waals surface area contributed by atoms with Crippen molar-refractivity contribution in [1.82, 2.24) is 10.6 Å². The molecule has 0 aliphatic carbocycles. The van der Waals surface area contributed by atoms with E-state index in [0.29, 0.717) is 11.1 Å². The van der Waals surface area contributed by atoms with Gasteiger partial charge in [-0.15, -0.1) is 11.8 Å². The van der Waals surface area contributed by atoms with Gasteiger partial charge in [0.15, 0.2) is 0 Å². The first-order chi connectivity index (χ1) is 13.8. The summed E-state index contributed by atoms with van der Waals surface area (Å²) in [7, 11) is 0.